The number of morpholine rings is 1. The lowest BCUT2D eigenvalue weighted by molar-refractivity contribution is -0.00937. The van der Waals surface area contributed by atoms with Gasteiger partial charge in [-0.1, -0.05) is 12.8 Å². The minimum absolute atomic E-state index is 0.206. The van der Waals surface area contributed by atoms with E-state index in [1.807, 2.05) is 6.92 Å². The Labute approximate surface area is 118 Å². The van der Waals surface area contributed by atoms with E-state index in [9.17, 15) is 0 Å². The van der Waals surface area contributed by atoms with Gasteiger partial charge in [0.1, 0.15) is 0 Å². The largest absolute Gasteiger partial charge is 0.464 e. The van der Waals surface area contributed by atoms with Gasteiger partial charge in [-0.3, -0.25) is 0 Å². The zero-order valence-electron chi connectivity index (χ0n) is 11.8. The molecule has 0 bridgehead atoms. The molecule has 3 rings (SSSR count). The molecule has 2 aliphatic rings. The van der Waals surface area contributed by atoms with Crippen molar-refractivity contribution in [1.82, 2.24) is 15.0 Å². The van der Waals surface area contributed by atoms with Gasteiger partial charge in [-0.25, -0.2) is 0 Å². The van der Waals surface area contributed by atoms with Crippen molar-refractivity contribution in [3.05, 3.63) is 0 Å². The molecular weight excluding hydrogens is 258 g/mol. The molecule has 2 fully saturated rings. The SMILES string of the molecule is CCOc1nc(N)nc(N2CCOC3CCCCC32)n1. The van der Waals surface area contributed by atoms with Crippen LogP contribution in [0.15, 0.2) is 0 Å². The van der Waals surface area contributed by atoms with Gasteiger partial charge >= 0.3 is 6.01 Å². The van der Waals surface area contributed by atoms with Gasteiger partial charge < -0.3 is 20.1 Å². The number of anilines is 2. The van der Waals surface area contributed by atoms with E-state index in [-0.39, 0.29) is 12.1 Å². The molecule has 20 heavy (non-hydrogen) atoms. The molecule has 1 aliphatic carbocycles. The molecule has 0 radical (unpaired) electrons. The van der Waals surface area contributed by atoms with Crippen molar-refractivity contribution in [3.8, 4) is 6.01 Å². The zero-order valence-corrected chi connectivity index (χ0v) is 11.8. The summed E-state index contributed by atoms with van der Waals surface area (Å²) in [6.45, 7) is 3.90. The fourth-order valence-electron chi connectivity index (χ4n) is 3.03. The lowest BCUT2D eigenvalue weighted by Gasteiger charge is -2.43. The van der Waals surface area contributed by atoms with Crippen LogP contribution >= 0.6 is 0 Å². The average Bonchev–Trinajstić information content (AvgIpc) is 2.46. The number of nitrogens with two attached hydrogens (primary N) is 1. The minimum atomic E-state index is 0.206. The number of nitrogens with zero attached hydrogens (tertiary/aromatic N) is 4. The highest BCUT2D eigenvalue weighted by Crippen LogP contribution is 2.31. The topological polar surface area (TPSA) is 86.4 Å². The lowest BCUT2D eigenvalue weighted by Crippen LogP contribution is -2.53. The van der Waals surface area contributed by atoms with E-state index in [0.29, 0.717) is 31.2 Å². The minimum Gasteiger partial charge on any atom is -0.464 e. The molecule has 1 saturated heterocycles. The van der Waals surface area contributed by atoms with Crippen LogP contribution in [0.4, 0.5) is 11.9 Å². The summed E-state index contributed by atoms with van der Waals surface area (Å²) in [4.78, 5) is 14.9. The van der Waals surface area contributed by atoms with Crippen LogP contribution < -0.4 is 15.4 Å². The van der Waals surface area contributed by atoms with Gasteiger partial charge in [0.2, 0.25) is 11.9 Å². The van der Waals surface area contributed by atoms with Crippen molar-refractivity contribution < 1.29 is 9.47 Å². The number of nitrogen functional groups attached to an aromatic ring is 1. The van der Waals surface area contributed by atoms with Crippen LogP contribution in [-0.4, -0.2) is 46.9 Å². The highest BCUT2D eigenvalue weighted by atomic mass is 16.5. The Morgan fingerprint density at radius 3 is 3.00 bits per heavy atom. The second kappa shape index (κ2) is 5.78. The predicted molar refractivity (Wildman–Crippen MR) is 74.8 cm³/mol. The first-order valence-corrected chi connectivity index (χ1v) is 7.30. The second-order valence-corrected chi connectivity index (χ2v) is 5.16. The van der Waals surface area contributed by atoms with Crippen LogP contribution in [-0.2, 0) is 4.74 Å². The Bertz CT molecular complexity index is 468. The molecule has 0 spiro atoms. The molecule has 7 heteroatoms. The molecule has 0 aromatic carbocycles. The third-order valence-electron chi connectivity index (χ3n) is 3.88. The molecule has 1 saturated carbocycles. The summed E-state index contributed by atoms with van der Waals surface area (Å²) in [6.07, 6.45) is 4.96. The number of ether oxygens (including phenoxy) is 2. The van der Waals surface area contributed by atoms with Gasteiger partial charge in [0.15, 0.2) is 0 Å². The van der Waals surface area contributed by atoms with Gasteiger partial charge in [0.05, 0.1) is 25.4 Å². The Hall–Kier alpha value is -1.63. The van der Waals surface area contributed by atoms with E-state index in [4.69, 9.17) is 15.2 Å². The Morgan fingerprint density at radius 1 is 1.30 bits per heavy atom. The van der Waals surface area contributed by atoms with Crippen molar-refractivity contribution in [2.75, 3.05) is 30.4 Å². The Kier molecular flexibility index (Phi) is 3.86. The van der Waals surface area contributed by atoms with Crippen LogP contribution in [0.25, 0.3) is 0 Å². The van der Waals surface area contributed by atoms with Crippen molar-refractivity contribution in [3.63, 3.8) is 0 Å². The Balaban J connectivity index is 1.86. The van der Waals surface area contributed by atoms with Crippen LogP contribution in [0.5, 0.6) is 6.01 Å². The fourth-order valence-corrected chi connectivity index (χ4v) is 3.03. The number of hydrogen-bond donors (Lipinski definition) is 1. The number of rotatable bonds is 3. The molecular formula is C13H21N5O2. The summed E-state index contributed by atoms with van der Waals surface area (Å²) >= 11 is 0. The summed E-state index contributed by atoms with van der Waals surface area (Å²) < 4.78 is 11.2. The van der Waals surface area contributed by atoms with Gasteiger partial charge in [0, 0.05) is 6.54 Å². The predicted octanol–water partition coefficient (Wildman–Crippen LogP) is 1.00. The van der Waals surface area contributed by atoms with Gasteiger partial charge in [0.25, 0.3) is 0 Å². The first-order chi connectivity index (χ1) is 9.78. The number of fused-ring (bicyclic) bond motifs is 1. The van der Waals surface area contributed by atoms with E-state index < -0.39 is 0 Å². The monoisotopic (exact) mass is 279 g/mol. The molecule has 2 N–H and O–H groups in total. The molecule has 7 nitrogen and oxygen atoms in total. The summed E-state index contributed by atoms with van der Waals surface area (Å²) in [5, 5.41) is 0. The fraction of sp³-hybridized carbons (Fsp3) is 0.769. The standard InChI is InChI=1S/C13H21N5O2/c1-2-19-13-16-11(14)15-12(17-13)18-7-8-20-10-6-4-3-5-9(10)18/h9-10H,2-8H2,1H3,(H2,14,15,16,17). The zero-order chi connectivity index (χ0) is 13.9. The van der Waals surface area contributed by atoms with E-state index in [1.54, 1.807) is 0 Å². The van der Waals surface area contributed by atoms with Gasteiger partial charge in [-0.2, -0.15) is 15.0 Å². The normalized spacial score (nSPS) is 26.1. The number of hydrogen-bond acceptors (Lipinski definition) is 7. The molecule has 2 atom stereocenters. The third-order valence-corrected chi connectivity index (χ3v) is 3.88. The summed E-state index contributed by atoms with van der Waals surface area (Å²) in [6, 6.07) is 0.641. The Morgan fingerprint density at radius 2 is 2.15 bits per heavy atom. The van der Waals surface area contributed by atoms with E-state index >= 15 is 0 Å². The highest BCUT2D eigenvalue weighted by molar-refractivity contribution is 5.38. The van der Waals surface area contributed by atoms with Crippen LogP contribution in [0, 0.1) is 0 Å². The molecule has 1 aliphatic heterocycles. The van der Waals surface area contributed by atoms with E-state index in [0.717, 1.165) is 19.4 Å². The maximum Gasteiger partial charge on any atom is 0.323 e. The quantitative estimate of drug-likeness (QED) is 0.883. The van der Waals surface area contributed by atoms with Crippen LogP contribution in [0.2, 0.25) is 0 Å². The highest BCUT2D eigenvalue weighted by Gasteiger charge is 2.35. The van der Waals surface area contributed by atoms with Crippen molar-refractivity contribution in [2.24, 2.45) is 0 Å². The van der Waals surface area contributed by atoms with Crippen molar-refractivity contribution in [2.45, 2.75) is 44.8 Å². The molecule has 2 unspecified atom stereocenters. The number of aromatic nitrogens is 3. The lowest BCUT2D eigenvalue weighted by atomic mass is 9.90. The smallest absolute Gasteiger partial charge is 0.323 e. The van der Waals surface area contributed by atoms with Gasteiger partial charge in [-0.15, -0.1) is 0 Å². The second-order valence-electron chi connectivity index (χ2n) is 5.16. The van der Waals surface area contributed by atoms with Crippen LogP contribution in [0.3, 0.4) is 0 Å². The molecule has 1 aromatic rings. The molecule has 0 amide bonds. The maximum atomic E-state index is 5.87. The van der Waals surface area contributed by atoms with E-state index in [1.165, 1.54) is 12.8 Å². The summed E-state index contributed by atoms with van der Waals surface area (Å²) in [5.74, 6) is 0.818. The third kappa shape index (κ3) is 2.63. The summed E-state index contributed by atoms with van der Waals surface area (Å²) in [7, 11) is 0. The summed E-state index contributed by atoms with van der Waals surface area (Å²) in [5.41, 5.74) is 5.76. The van der Waals surface area contributed by atoms with Crippen molar-refractivity contribution in [1.29, 1.82) is 0 Å². The first-order valence-electron chi connectivity index (χ1n) is 7.30. The molecule has 110 valence electrons. The van der Waals surface area contributed by atoms with Crippen LogP contribution in [0.1, 0.15) is 32.6 Å². The first kappa shape index (κ1) is 13.4. The van der Waals surface area contributed by atoms with Gasteiger partial charge in [-0.05, 0) is 19.8 Å². The molecule has 2 heterocycles. The average molecular weight is 279 g/mol. The van der Waals surface area contributed by atoms with E-state index in [2.05, 4.69) is 19.9 Å². The maximum absolute atomic E-state index is 5.87. The van der Waals surface area contributed by atoms with Crippen molar-refractivity contribution >= 4 is 11.9 Å². The molecule has 1 aromatic heterocycles.